The van der Waals surface area contributed by atoms with Crippen LogP contribution in [0, 0.1) is 10.1 Å². The fraction of sp³-hybridized carbons (Fsp3) is 0. The maximum absolute atomic E-state index is 11.9. The van der Waals surface area contributed by atoms with E-state index in [1.165, 1.54) is 18.2 Å². The molecule has 0 atom stereocenters. The summed E-state index contributed by atoms with van der Waals surface area (Å²) in [5.41, 5.74) is 0.720. The van der Waals surface area contributed by atoms with E-state index >= 15 is 0 Å². The third-order valence-electron chi connectivity index (χ3n) is 2.94. The van der Waals surface area contributed by atoms with Gasteiger partial charge in [0.15, 0.2) is 0 Å². The van der Waals surface area contributed by atoms with Crippen LogP contribution in [0.25, 0.3) is 17.5 Å². The first kappa shape index (κ1) is 17.0. The zero-order chi connectivity index (χ0) is 17.8. The number of rotatable bonds is 5. The maximum Gasteiger partial charge on any atom is 0.324 e. The van der Waals surface area contributed by atoms with Crippen molar-refractivity contribution in [2.24, 2.45) is 0 Å². The average molecular weight is 421 g/mol. The van der Waals surface area contributed by atoms with Gasteiger partial charge in [-0.2, -0.15) is 0 Å². The van der Waals surface area contributed by atoms with Gasteiger partial charge in [0.05, 0.1) is 4.92 Å². The van der Waals surface area contributed by atoms with Crippen molar-refractivity contribution >= 4 is 50.3 Å². The second-order valence-electron chi connectivity index (χ2n) is 4.67. The monoisotopic (exact) mass is 420 g/mol. The number of amides is 1. The van der Waals surface area contributed by atoms with Crippen LogP contribution in [0.1, 0.15) is 4.88 Å². The molecule has 25 heavy (non-hydrogen) atoms. The van der Waals surface area contributed by atoms with Crippen molar-refractivity contribution in [2.75, 3.05) is 5.32 Å². The Morgan fingerprint density at radius 1 is 1.24 bits per heavy atom. The van der Waals surface area contributed by atoms with Gasteiger partial charge in [0.2, 0.25) is 5.89 Å². The molecule has 0 aliphatic heterocycles. The van der Waals surface area contributed by atoms with E-state index in [1.807, 2.05) is 12.1 Å². The van der Waals surface area contributed by atoms with Crippen LogP contribution in [0.2, 0.25) is 0 Å². The van der Waals surface area contributed by atoms with Gasteiger partial charge >= 0.3 is 11.0 Å². The molecule has 2 aromatic heterocycles. The molecule has 0 aliphatic rings. The predicted octanol–water partition coefficient (Wildman–Crippen LogP) is 4.12. The molecule has 0 saturated heterocycles. The Morgan fingerprint density at radius 3 is 2.68 bits per heavy atom. The van der Waals surface area contributed by atoms with E-state index in [9.17, 15) is 14.9 Å². The first-order valence-corrected chi connectivity index (χ1v) is 8.45. The molecule has 1 amide bonds. The Kier molecular flexibility index (Phi) is 5.00. The molecule has 0 aliphatic carbocycles. The summed E-state index contributed by atoms with van der Waals surface area (Å²) in [4.78, 5) is 22.6. The minimum absolute atomic E-state index is 0.0103. The molecule has 0 radical (unpaired) electrons. The number of nitrogens with zero attached hydrogens (tertiary/aromatic N) is 3. The van der Waals surface area contributed by atoms with E-state index in [-0.39, 0.29) is 16.9 Å². The number of halogens is 1. The molecule has 2 heterocycles. The molecule has 1 aromatic carbocycles. The van der Waals surface area contributed by atoms with Crippen LogP contribution in [0.4, 0.5) is 11.0 Å². The molecule has 0 fully saturated rings. The zero-order valence-corrected chi connectivity index (χ0v) is 14.8. The highest BCUT2D eigenvalue weighted by Crippen LogP contribution is 2.25. The van der Waals surface area contributed by atoms with Crippen molar-refractivity contribution < 1.29 is 14.1 Å². The second kappa shape index (κ2) is 7.36. The Morgan fingerprint density at radius 2 is 2.00 bits per heavy atom. The molecule has 10 heteroatoms. The lowest BCUT2D eigenvalue weighted by Crippen LogP contribution is -2.07. The quantitative estimate of drug-likeness (QED) is 0.377. The smallest absolute Gasteiger partial charge is 0.324 e. The van der Waals surface area contributed by atoms with E-state index in [2.05, 4.69) is 31.4 Å². The van der Waals surface area contributed by atoms with Gasteiger partial charge in [0.25, 0.3) is 5.91 Å². The summed E-state index contributed by atoms with van der Waals surface area (Å²) in [6.07, 6.45) is 2.71. The highest BCUT2D eigenvalue weighted by molar-refractivity contribution is 9.10. The van der Waals surface area contributed by atoms with Gasteiger partial charge < -0.3 is 4.42 Å². The first-order chi connectivity index (χ1) is 12.0. The van der Waals surface area contributed by atoms with E-state index < -0.39 is 10.8 Å². The predicted molar refractivity (Wildman–Crippen MR) is 96.1 cm³/mol. The highest BCUT2D eigenvalue weighted by atomic mass is 79.9. The minimum atomic E-state index is -0.484. The molecular formula is C15H9BrN4O4S. The van der Waals surface area contributed by atoms with Crippen LogP contribution in [0.15, 0.2) is 51.4 Å². The number of carbonyl (C=O) groups excluding carboxylic acids is 1. The number of anilines is 1. The fourth-order valence-electron chi connectivity index (χ4n) is 1.82. The Hall–Kier alpha value is -2.85. The Bertz CT molecular complexity index is 949. The van der Waals surface area contributed by atoms with Crippen LogP contribution in [0.5, 0.6) is 0 Å². The van der Waals surface area contributed by atoms with E-state index in [0.717, 1.165) is 21.4 Å². The molecule has 8 nitrogen and oxygen atoms in total. The van der Waals surface area contributed by atoms with Gasteiger partial charge in [-0.3, -0.25) is 20.2 Å². The number of hydrogen-bond acceptors (Lipinski definition) is 7. The van der Waals surface area contributed by atoms with Crippen LogP contribution >= 0.6 is 27.3 Å². The summed E-state index contributed by atoms with van der Waals surface area (Å²) in [5.74, 6) is -0.206. The minimum Gasteiger partial charge on any atom is -0.403 e. The van der Waals surface area contributed by atoms with Crippen molar-refractivity contribution in [1.29, 1.82) is 0 Å². The van der Waals surface area contributed by atoms with E-state index in [0.29, 0.717) is 4.88 Å². The van der Waals surface area contributed by atoms with Gasteiger partial charge in [-0.1, -0.05) is 32.4 Å². The Balaban J connectivity index is 1.64. The fourth-order valence-corrected chi connectivity index (χ4v) is 2.81. The lowest BCUT2D eigenvalue weighted by molar-refractivity contribution is -0.380. The summed E-state index contributed by atoms with van der Waals surface area (Å²) in [5, 5.41) is 20.7. The number of benzene rings is 1. The summed E-state index contributed by atoms with van der Waals surface area (Å²) in [7, 11) is 0. The largest absolute Gasteiger partial charge is 0.403 e. The molecule has 126 valence electrons. The molecule has 3 rings (SSSR count). The summed E-state index contributed by atoms with van der Waals surface area (Å²) in [6.45, 7) is 0. The summed E-state index contributed by atoms with van der Waals surface area (Å²) >= 11 is 4.30. The van der Waals surface area contributed by atoms with Crippen molar-refractivity contribution in [1.82, 2.24) is 10.2 Å². The van der Waals surface area contributed by atoms with Gasteiger partial charge in [0.1, 0.15) is 0 Å². The first-order valence-electron chi connectivity index (χ1n) is 6.84. The third kappa shape index (κ3) is 4.37. The van der Waals surface area contributed by atoms with Gasteiger partial charge in [-0.15, -0.1) is 5.10 Å². The molecule has 0 spiro atoms. The summed E-state index contributed by atoms with van der Waals surface area (Å²) < 4.78 is 6.30. The normalized spacial score (nSPS) is 10.9. The molecular weight excluding hydrogens is 412 g/mol. The standard InChI is InChI=1S/C15H9BrN4O4S/c16-10-3-1-9(2-4-10)14-18-19-15(24-14)17-12(21)7-5-11-6-8-13(25-11)20(22)23/h1-8H,(H,17,19,21). The van der Waals surface area contributed by atoms with E-state index in [4.69, 9.17) is 4.42 Å². The van der Waals surface area contributed by atoms with Crippen LogP contribution in [-0.2, 0) is 4.79 Å². The number of nitro groups is 1. The molecule has 3 aromatic rings. The SMILES string of the molecule is O=C(C=Cc1ccc([N+](=O)[O-])s1)Nc1nnc(-c2ccc(Br)cc2)o1. The number of hydrogen-bond donors (Lipinski definition) is 1. The van der Waals surface area contributed by atoms with E-state index in [1.54, 1.807) is 18.2 Å². The summed E-state index contributed by atoms with van der Waals surface area (Å²) in [6, 6.07) is 10.2. The lowest BCUT2D eigenvalue weighted by atomic mass is 10.2. The molecule has 0 saturated carbocycles. The number of carbonyl (C=O) groups is 1. The third-order valence-corrected chi connectivity index (χ3v) is 4.47. The molecule has 1 N–H and O–H groups in total. The van der Waals surface area contributed by atoms with Gasteiger partial charge in [-0.05, 0) is 36.4 Å². The van der Waals surface area contributed by atoms with Crippen molar-refractivity contribution in [3.63, 3.8) is 0 Å². The number of thiophene rings is 1. The molecule has 0 bridgehead atoms. The number of aromatic nitrogens is 2. The lowest BCUT2D eigenvalue weighted by Gasteiger charge is -1.95. The van der Waals surface area contributed by atoms with Crippen molar-refractivity contribution in [3.05, 3.63) is 61.9 Å². The van der Waals surface area contributed by atoms with Crippen LogP contribution < -0.4 is 5.32 Å². The average Bonchev–Trinajstić information content (AvgIpc) is 3.23. The number of nitrogens with one attached hydrogen (secondary N) is 1. The van der Waals surface area contributed by atoms with Crippen LogP contribution in [-0.4, -0.2) is 21.0 Å². The maximum atomic E-state index is 11.9. The van der Waals surface area contributed by atoms with Gasteiger partial charge in [0, 0.05) is 27.1 Å². The highest BCUT2D eigenvalue weighted by Gasteiger charge is 2.11. The second-order valence-corrected chi connectivity index (χ2v) is 6.68. The van der Waals surface area contributed by atoms with Crippen LogP contribution in [0.3, 0.4) is 0 Å². The topological polar surface area (TPSA) is 111 Å². The Labute approximate surface area is 153 Å². The van der Waals surface area contributed by atoms with Crippen molar-refractivity contribution in [2.45, 2.75) is 0 Å². The zero-order valence-electron chi connectivity index (χ0n) is 12.4. The van der Waals surface area contributed by atoms with Crippen molar-refractivity contribution in [3.8, 4) is 11.5 Å². The van der Waals surface area contributed by atoms with Gasteiger partial charge in [-0.25, -0.2) is 0 Å². The molecule has 0 unspecified atom stereocenters.